The molecule has 2 rings (SSSR count). The van der Waals surface area contributed by atoms with E-state index >= 15 is 0 Å². The summed E-state index contributed by atoms with van der Waals surface area (Å²) in [6.45, 7) is 0. The van der Waals surface area contributed by atoms with Crippen molar-refractivity contribution in [3.05, 3.63) is 52.5 Å². The smallest absolute Gasteiger partial charge is 0.416 e. The fraction of sp³-hybridized carbons (Fsp3) is 0.143. The summed E-state index contributed by atoms with van der Waals surface area (Å²) >= 11 is 3.09. The summed E-state index contributed by atoms with van der Waals surface area (Å²) in [5.41, 5.74) is 0.200. The molecule has 0 amide bonds. The quantitative estimate of drug-likeness (QED) is 0.814. The number of ether oxygens (including phenoxy) is 1. The second kappa shape index (κ2) is 5.75. The van der Waals surface area contributed by atoms with Gasteiger partial charge in [0, 0.05) is 12.7 Å². The second-order valence-corrected chi connectivity index (χ2v) is 4.87. The van der Waals surface area contributed by atoms with E-state index in [4.69, 9.17) is 4.74 Å². The molecule has 20 heavy (non-hydrogen) atoms. The van der Waals surface area contributed by atoms with Crippen LogP contribution in [-0.4, -0.2) is 7.05 Å². The van der Waals surface area contributed by atoms with Crippen LogP contribution in [0, 0.1) is 0 Å². The molecule has 0 spiro atoms. The normalized spacial score (nSPS) is 11.2. The molecule has 0 atom stereocenters. The van der Waals surface area contributed by atoms with Crippen molar-refractivity contribution in [3.63, 3.8) is 0 Å². The Bertz CT molecular complexity index is 596. The van der Waals surface area contributed by atoms with Gasteiger partial charge in [-0.3, -0.25) is 0 Å². The molecule has 0 fully saturated rings. The molecular formula is C14H11BrF3NO. The van der Waals surface area contributed by atoms with Gasteiger partial charge < -0.3 is 10.1 Å². The van der Waals surface area contributed by atoms with Gasteiger partial charge in [0.1, 0.15) is 11.5 Å². The molecule has 2 aromatic carbocycles. The van der Waals surface area contributed by atoms with Crippen molar-refractivity contribution >= 4 is 21.6 Å². The molecule has 0 aliphatic carbocycles. The van der Waals surface area contributed by atoms with Gasteiger partial charge in [-0.25, -0.2) is 0 Å². The highest BCUT2D eigenvalue weighted by Crippen LogP contribution is 2.36. The van der Waals surface area contributed by atoms with Crippen LogP contribution in [0.5, 0.6) is 11.5 Å². The average molecular weight is 346 g/mol. The van der Waals surface area contributed by atoms with E-state index in [0.717, 1.165) is 17.8 Å². The van der Waals surface area contributed by atoms with Crippen LogP contribution < -0.4 is 10.1 Å². The lowest BCUT2D eigenvalue weighted by Gasteiger charge is -2.11. The highest BCUT2D eigenvalue weighted by atomic mass is 79.9. The van der Waals surface area contributed by atoms with Crippen molar-refractivity contribution in [1.82, 2.24) is 0 Å². The van der Waals surface area contributed by atoms with Crippen LogP contribution in [0.25, 0.3) is 0 Å². The Hall–Kier alpha value is -1.69. The predicted octanol–water partition coefficient (Wildman–Crippen LogP) is 5.30. The van der Waals surface area contributed by atoms with Crippen LogP contribution in [0.1, 0.15) is 5.56 Å². The van der Waals surface area contributed by atoms with Gasteiger partial charge >= 0.3 is 6.18 Å². The highest BCUT2D eigenvalue weighted by molar-refractivity contribution is 9.10. The molecule has 2 aromatic rings. The monoisotopic (exact) mass is 345 g/mol. The molecule has 1 N–H and O–H groups in total. The van der Waals surface area contributed by atoms with Gasteiger partial charge in [0.2, 0.25) is 0 Å². The van der Waals surface area contributed by atoms with Gasteiger partial charge in [0.05, 0.1) is 10.0 Å². The van der Waals surface area contributed by atoms with Gasteiger partial charge in [-0.2, -0.15) is 13.2 Å². The minimum absolute atomic E-state index is 0.255. The standard InChI is InChI=1S/C14H11BrF3NO/c1-19-10-3-5-11(6-4-10)20-13-7-2-9(8-12(13)15)14(16,17)18/h2-8,19H,1H3. The summed E-state index contributed by atoms with van der Waals surface area (Å²) in [4.78, 5) is 0. The van der Waals surface area contributed by atoms with Crippen molar-refractivity contribution in [2.75, 3.05) is 12.4 Å². The van der Waals surface area contributed by atoms with Gasteiger partial charge in [0.25, 0.3) is 0 Å². The van der Waals surface area contributed by atoms with E-state index in [9.17, 15) is 13.2 Å². The molecule has 106 valence electrons. The lowest BCUT2D eigenvalue weighted by molar-refractivity contribution is -0.137. The number of nitrogens with one attached hydrogen (secondary N) is 1. The van der Waals surface area contributed by atoms with Crippen LogP contribution >= 0.6 is 15.9 Å². The van der Waals surface area contributed by atoms with Crippen molar-refractivity contribution in [2.45, 2.75) is 6.18 Å². The summed E-state index contributed by atoms with van der Waals surface area (Å²) in [7, 11) is 1.79. The number of rotatable bonds is 3. The molecule has 6 heteroatoms. The third-order valence-electron chi connectivity index (χ3n) is 2.63. The van der Waals surface area contributed by atoms with Gasteiger partial charge in [-0.15, -0.1) is 0 Å². The first kappa shape index (κ1) is 14.7. The zero-order chi connectivity index (χ0) is 14.8. The summed E-state index contributed by atoms with van der Waals surface area (Å²) in [5.74, 6) is 0.875. The second-order valence-electron chi connectivity index (χ2n) is 4.02. The Morgan fingerprint density at radius 1 is 1.05 bits per heavy atom. The van der Waals surface area contributed by atoms with Crippen molar-refractivity contribution in [2.24, 2.45) is 0 Å². The molecule has 0 saturated heterocycles. The molecule has 0 radical (unpaired) electrons. The third-order valence-corrected chi connectivity index (χ3v) is 3.25. The topological polar surface area (TPSA) is 21.3 Å². The molecule has 0 aliphatic heterocycles. The number of hydrogen-bond acceptors (Lipinski definition) is 2. The Kier molecular flexibility index (Phi) is 4.23. The van der Waals surface area contributed by atoms with Gasteiger partial charge in [-0.1, -0.05) is 0 Å². The SMILES string of the molecule is CNc1ccc(Oc2ccc(C(F)(F)F)cc2Br)cc1. The Morgan fingerprint density at radius 3 is 2.20 bits per heavy atom. The predicted molar refractivity (Wildman–Crippen MR) is 75.2 cm³/mol. The zero-order valence-corrected chi connectivity index (χ0v) is 12.0. The van der Waals surface area contributed by atoms with E-state index in [0.29, 0.717) is 11.5 Å². The first-order chi connectivity index (χ1) is 9.40. The molecule has 0 aromatic heterocycles. The third kappa shape index (κ3) is 3.45. The first-order valence-corrected chi connectivity index (χ1v) is 6.52. The molecule has 0 heterocycles. The maximum absolute atomic E-state index is 12.5. The van der Waals surface area contributed by atoms with Crippen molar-refractivity contribution in [1.29, 1.82) is 0 Å². The van der Waals surface area contributed by atoms with E-state index in [1.54, 1.807) is 19.2 Å². The van der Waals surface area contributed by atoms with Gasteiger partial charge in [0.15, 0.2) is 0 Å². The average Bonchev–Trinajstić information content (AvgIpc) is 2.41. The fourth-order valence-electron chi connectivity index (χ4n) is 1.58. The summed E-state index contributed by atoms with van der Waals surface area (Å²) in [5, 5.41) is 2.96. The number of alkyl halides is 3. The molecule has 0 aliphatic rings. The van der Waals surface area contributed by atoms with Crippen LogP contribution in [0.15, 0.2) is 46.9 Å². The lowest BCUT2D eigenvalue weighted by atomic mass is 10.2. The minimum Gasteiger partial charge on any atom is -0.456 e. The Balaban J connectivity index is 2.21. The van der Waals surface area contributed by atoms with E-state index in [1.807, 2.05) is 12.1 Å². The van der Waals surface area contributed by atoms with E-state index < -0.39 is 11.7 Å². The highest BCUT2D eigenvalue weighted by Gasteiger charge is 2.30. The summed E-state index contributed by atoms with van der Waals surface area (Å²) in [6.07, 6.45) is -4.37. The molecule has 0 bridgehead atoms. The zero-order valence-electron chi connectivity index (χ0n) is 10.5. The summed E-state index contributed by atoms with van der Waals surface area (Å²) < 4.78 is 43.4. The number of anilines is 1. The Morgan fingerprint density at radius 2 is 1.70 bits per heavy atom. The maximum Gasteiger partial charge on any atom is 0.416 e. The van der Waals surface area contributed by atoms with Crippen LogP contribution in [0.2, 0.25) is 0 Å². The van der Waals surface area contributed by atoms with Crippen LogP contribution in [-0.2, 0) is 6.18 Å². The fourth-order valence-corrected chi connectivity index (χ4v) is 2.04. The molecule has 0 saturated carbocycles. The first-order valence-electron chi connectivity index (χ1n) is 5.72. The van der Waals surface area contributed by atoms with Crippen molar-refractivity contribution < 1.29 is 17.9 Å². The largest absolute Gasteiger partial charge is 0.456 e. The molecular weight excluding hydrogens is 335 g/mol. The number of halogens is 4. The number of hydrogen-bond donors (Lipinski definition) is 1. The van der Waals surface area contributed by atoms with Gasteiger partial charge in [-0.05, 0) is 58.4 Å². The molecule has 0 unspecified atom stereocenters. The van der Waals surface area contributed by atoms with Crippen LogP contribution in [0.3, 0.4) is 0 Å². The van der Waals surface area contributed by atoms with E-state index in [-0.39, 0.29) is 4.47 Å². The lowest BCUT2D eigenvalue weighted by Crippen LogP contribution is -2.04. The Labute approximate surface area is 122 Å². The van der Waals surface area contributed by atoms with Crippen LogP contribution in [0.4, 0.5) is 18.9 Å². The number of benzene rings is 2. The maximum atomic E-state index is 12.5. The summed E-state index contributed by atoms with van der Waals surface area (Å²) in [6, 6.07) is 10.4. The minimum atomic E-state index is -4.37. The van der Waals surface area contributed by atoms with E-state index in [1.165, 1.54) is 6.07 Å². The van der Waals surface area contributed by atoms with E-state index in [2.05, 4.69) is 21.2 Å². The molecule has 2 nitrogen and oxygen atoms in total. The van der Waals surface area contributed by atoms with Crippen molar-refractivity contribution in [3.8, 4) is 11.5 Å².